The minimum Gasteiger partial charge on any atom is -0.489 e. The normalized spacial score (nSPS) is 13.2. The van der Waals surface area contributed by atoms with Crippen molar-refractivity contribution < 1.29 is 9.53 Å². The van der Waals surface area contributed by atoms with Crippen molar-refractivity contribution >= 4 is 29.1 Å². The second kappa shape index (κ2) is 9.98. The lowest BCUT2D eigenvalue weighted by Gasteiger charge is -2.31. The second-order valence-corrected chi connectivity index (χ2v) is 7.40. The molecule has 0 radical (unpaired) electrons. The van der Waals surface area contributed by atoms with Gasteiger partial charge in [-0.2, -0.15) is 0 Å². The summed E-state index contributed by atoms with van der Waals surface area (Å²) in [5.74, 6) is 0.430. The number of hydrogen-bond acceptors (Lipinski definition) is 3. The summed E-state index contributed by atoms with van der Waals surface area (Å²) in [6.07, 6.45) is 2.13. The monoisotopic (exact) mass is 408 g/mol. The number of hydrogen-bond donors (Lipinski definition) is 2. The molecule has 0 spiro atoms. The predicted molar refractivity (Wildman–Crippen MR) is 111 cm³/mol. The number of benzene rings is 2. The topological polar surface area (TPSA) is 64.3 Å². The molecule has 0 bridgehead atoms. The highest BCUT2D eigenvalue weighted by Gasteiger charge is 2.34. The molecule has 3 N–H and O–H groups in total. The Labute approximate surface area is 171 Å². The zero-order valence-electron chi connectivity index (χ0n) is 15.7. The first-order valence-corrected chi connectivity index (χ1v) is 9.86. The van der Waals surface area contributed by atoms with Gasteiger partial charge in [0, 0.05) is 0 Å². The zero-order valence-corrected chi connectivity index (χ0v) is 17.2. The fourth-order valence-electron chi connectivity index (χ4n) is 3.15. The van der Waals surface area contributed by atoms with Gasteiger partial charge in [0.25, 0.3) is 0 Å². The molecule has 2 aromatic rings. The molecule has 0 aliphatic carbocycles. The fourth-order valence-corrected chi connectivity index (χ4v) is 3.47. The smallest absolute Gasteiger partial charge is 0.238 e. The molecular weight excluding hydrogens is 383 g/mol. The quantitative estimate of drug-likeness (QED) is 0.595. The van der Waals surface area contributed by atoms with Crippen molar-refractivity contribution in [3.8, 4) is 5.75 Å². The van der Waals surface area contributed by atoms with Crippen molar-refractivity contribution in [1.82, 2.24) is 5.32 Å². The fraction of sp³-hybridized carbons (Fsp3) is 0.381. The van der Waals surface area contributed by atoms with Crippen LogP contribution in [0.4, 0.5) is 0 Å². The minimum atomic E-state index is -0.716. The molecule has 4 nitrogen and oxygen atoms in total. The molecule has 0 saturated carbocycles. The number of likely N-dealkylation sites (N-methyl/N-ethyl adjacent to an activating group) is 1. The number of carbonyl (C=O) groups is 1. The van der Waals surface area contributed by atoms with E-state index in [2.05, 4.69) is 12.2 Å². The molecule has 0 fully saturated rings. The zero-order chi connectivity index (χ0) is 19.9. The first-order chi connectivity index (χ1) is 12.9. The van der Waals surface area contributed by atoms with Gasteiger partial charge in [-0.1, -0.05) is 61.7 Å². The Kier molecular flexibility index (Phi) is 7.96. The van der Waals surface area contributed by atoms with Crippen molar-refractivity contribution in [2.24, 2.45) is 5.73 Å². The van der Waals surface area contributed by atoms with Crippen LogP contribution in [0.15, 0.2) is 42.5 Å². The number of amides is 1. The van der Waals surface area contributed by atoms with E-state index in [-0.39, 0.29) is 5.91 Å². The van der Waals surface area contributed by atoms with Crippen molar-refractivity contribution in [1.29, 1.82) is 0 Å². The van der Waals surface area contributed by atoms with Crippen LogP contribution >= 0.6 is 23.2 Å². The molecule has 2 aromatic carbocycles. The van der Waals surface area contributed by atoms with Gasteiger partial charge in [0.05, 0.1) is 10.0 Å². The molecule has 6 heteroatoms. The highest BCUT2D eigenvalue weighted by atomic mass is 35.5. The number of halogens is 2. The van der Waals surface area contributed by atoms with Crippen molar-refractivity contribution in [2.45, 2.75) is 45.3 Å². The Morgan fingerprint density at radius 3 is 2.30 bits per heavy atom. The standard InChI is InChI=1S/C21H26Cl2N2O2/c1-3-11-21(20(24)26,25-4-2)13-15-5-8-17(9-6-15)27-14-16-7-10-18(22)19(23)12-16/h5-10,12,25H,3-4,11,13-14H2,1-2H3,(H2,24,26). The minimum absolute atomic E-state index is 0.314. The number of rotatable bonds is 10. The third-order valence-electron chi connectivity index (χ3n) is 4.48. The first-order valence-electron chi connectivity index (χ1n) is 9.10. The lowest BCUT2D eigenvalue weighted by molar-refractivity contribution is -0.124. The van der Waals surface area contributed by atoms with Gasteiger partial charge in [-0.15, -0.1) is 0 Å². The number of primary amides is 1. The summed E-state index contributed by atoms with van der Waals surface area (Å²) in [6, 6.07) is 13.2. The van der Waals surface area contributed by atoms with E-state index in [0.717, 1.165) is 23.3 Å². The van der Waals surface area contributed by atoms with Crippen LogP contribution in [0.5, 0.6) is 5.75 Å². The van der Waals surface area contributed by atoms with Gasteiger partial charge in [-0.25, -0.2) is 0 Å². The summed E-state index contributed by atoms with van der Waals surface area (Å²) >= 11 is 11.9. The van der Waals surface area contributed by atoms with Crippen molar-refractivity contribution in [3.05, 3.63) is 63.6 Å². The van der Waals surface area contributed by atoms with E-state index in [1.54, 1.807) is 12.1 Å². The maximum Gasteiger partial charge on any atom is 0.238 e. The summed E-state index contributed by atoms with van der Waals surface area (Å²) in [4.78, 5) is 12.1. The molecule has 146 valence electrons. The van der Waals surface area contributed by atoms with E-state index in [1.165, 1.54) is 0 Å². The molecule has 1 unspecified atom stereocenters. The van der Waals surface area contributed by atoms with E-state index < -0.39 is 5.54 Å². The van der Waals surface area contributed by atoms with Gasteiger partial charge in [0.1, 0.15) is 17.9 Å². The molecular formula is C21H26Cl2N2O2. The van der Waals surface area contributed by atoms with E-state index in [0.29, 0.717) is 36.0 Å². The van der Waals surface area contributed by atoms with Crippen molar-refractivity contribution in [3.63, 3.8) is 0 Å². The summed E-state index contributed by atoms with van der Waals surface area (Å²) < 4.78 is 5.81. The molecule has 1 amide bonds. The number of carbonyl (C=O) groups excluding carboxylic acids is 1. The molecule has 0 aliphatic rings. The molecule has 0 heterocycles. The molecule has 27 heavy (non-hydrogen) atoms. The maximum atomic E-state index is 12.1. The predicted octanol–water partition coefficient (Wildman–Crippen LogP) is 4.75. The third kappa shape index (κ3) is 5.86. The van der Waals surface area contributed by atoms with Crippen LogP contribution in [0.1, 0.15) is 37.8 Å². The van der Waals surface area contributed by atoms with Crippen LogP contribution in [-0.2, 0) is 17.8 Å². The Morgan fingerprint density at radius 1 is 1.07 bits per heavy atom. The van der Waals surface area contributed by atoms with Crippen LogP contribution in [0, 0.1) is 0 Å². The van der Waals surface area contributed by atoms with Crippen LogP contribution in [0.2, 0.25) is 10.0 Å². The van der Waals surface area contributed by atoms with Gasteiger partial charge < -0.3 is 15.8 Å². The first kappa shape index (κ1) is 21.5. The summed E-state index contributed by atoms with van der Waals surface area (Å²) in [5.41, 5.74) is 6.97. The van der Waals surface area contributed by atoms with E-state index >= 15 is 0 Å². The van der Waals surface area contributed by atoms with Gasteiger partial charge in [0.2, 0.25) is 5.91 Å². The number of nitrogens with one attached hydrogen (secondary N) is 1. The highest BCUT2D eigenvalue weighted by Crippen LogP contribution is 2.24. The van der Waals surface area contributed by atoms with Crippen LogP contribution in [0.25, 0.3) is 0 Å². The van der Waals surface area contributed by atoms with Gasteiger partial charge in [-0.3, -0.25) is 4.79 Å². The van der Waals surface area contributed by atoms with Gasteiger partial charge >= 0.3 is 0 Å². The third-order valence-corrected chi connectivity index (χ3v) is 5.22. The average Bonchev–Trinajstić information content (AvgIpc) is 2.64. The summed E-state index contributed by atoms with van der Waals surface area (Å²) in [5, 5.41) is 4.32. The summed E-state index contributed by atoms with van der Waals surface area (Å²) in [7, 11) is 0. The largest absolute Gasteiger partial charge is 0.489 e. The van der Waals surface area contributed by atoms with Gasteiger partial charge in [0.15, 0.2) is 0 Å². The van der Waals surface area contributed by atoms with Crippen LogP contribution in [0.3, 0.4) is 0 Å². The number of ether oxygens (including phenoxy) is 1. The lowest BCUT2D eigenvalue weighted by atomic mass is 9.85. The molecule has 0 aliphatic heterocycles. The SMILES string of the molecule is CCCC(Cc1ccc(OCc2ccc(Cl)c(Cl)c2)cc1)(NCC)C(N)=O. The van der Waals surface area contributed by atoms with Crippen molar-refractivity contribution in [2.75, 3.05) is 6.54 Å². The molecule has 0 aromatic heterocycles. The molecule has 1 atom stereocenters. The average molecular weight is 409 g/mol. The Bertz CT molecular complexity index is 757. The lowest BCUT2D eigenvalue weighted by Crippen LogP contribution is -2.56. The molecule has 2 rings (SSSR count). The maximum absolute atomic E-state index is 12.1. The number of nitrogens with two attached hydrogens (primary N) is 1. The van der Waals surface area contributed by atoms with Crippen LogP contribution in [-0.4, -0.2) is 18.0 Å². The second-order valence-electron chi connectivity index (χ2n) is 6.58. The van der Waals surface area contributed by atoms with E-state index in [9.17, 15) is 4.79 Å². The Morgan fingerprint density at radius 2 is 1.74 bits per heavy atom. The highest BCUT2D eigenvalue weighted by molar-refractivity contribution is 6.42. The van der Waals surface area contributed by atoms with E-state index in [1.807, 2.05) is 37.3 Å². The molecule has 0 saturated heterocycles. The Balaban J connectivity index is 2.04. The van der Waals surface area contributed by atoms with Gasteiger partial charge in [-0.05, 0) is 54.8 Å². The van der Waals surface area contributed by atoms with Crippen LogP contribution < -0.4 is 15.8 Å². The summed E-state index contributed by atoms with van der Waals surface area (Å²) in [6.45, 7) is 5.12. The Hall–Kier alpha value is -1.75. The van der Waals surface area contributed by atoms with E-state index in [4.69, 9.17) is 33.7 Å².